The van der Waals surface area contributed by atoms with Gasteiger partial charge >= 0.3 is 6.09 Å². The largest absolute Gasteiger partial charge is 0.465 e. The number of H-pyrrole nitrogens is 1. The minimum absolute atomic E-state index is 0.0286. The summed E-state index contributed by atoms with van der Waals surface area (Å²) in [4.78, 5) is 36.4. The molecule has 234 valence electrons. The fraction of sp³-hybridized carbons (Fsp3) is 0.517. The van der Waals surface area contributed by atoms with Gasteiger partial charge in [-0.25, -0.2) is 27.9 Å². The smallest absolute Gasteiger partial charge is 0.407 e. The van der Waals surface area contributed by atoms with Gasteiger partial charge in [-0.15, -0.1) is 0 Å². The van der Waals surface area contributed by atoms with E-state index in [4.69, 9.17) is 5.11 Å². The van der Waals surface area contributed by atoms with E-state index in [1.807, 2.05) is 0 Å². The Hall–Kier alpha value is -3.36. The van der Waals surface area contributed by atoms with E-state index in [1.165, 1.54) is 23.4 Å². The van der Waals surface area contributed by atoms with E-state index >= 15 is 13.2 Å². The van der Waals surface area contributed by atoms with Crippen LogP contribution in [0.4, 0.5) is 23.8 Å². The van der Waals surface area contributed by atoms with Crippen LogP contribution in [-0.2, 0) is 5.92 Å². The maximum absolute atomic E-state index is 15.7. The van der Waals surface area contributed by atoms with Crippen molar-refractivity contribution in [2.75, 3.05) is 29.9 Å². The molecule has 1 aromatic carbocycles. The van der Waals surface area contributed by atoms with Crippen molar-refractivity contribution in [3.63, 3.8) is 0 Å². The van der Waals surface area contributed by atoms with Crippen molar-refractivity contribution >= 4 is 33.5 Å². The number of likely N-dealkylation sites (tertiary alicyclic amines) is 1. The van der Waals surface area contributed by atoms with Crippen molar-refractivity contribution in [2.45, 2.75) is 63.3 Å². The van der Waals surface area contributed by atoms with E-state index in [2.05, 4.69) is 20.3 Å². The van der Waals surface area contributed by atoms with Crippen molar-refractivity contribution < 1.29 is 32.2 Å². The minimum Gasteiger partial charge on any atom is -0.465 e. The maximum atomic E-state index is 15.7. The van der Waals surface area contributed by atoms with Crippen LogP contribution in [0, 0.1) is 11.7 Å². The molecule has 1 atom stereocenters. The summed E-state index contributed by atoms with van der Waals surface area (Å²) in [7, 11) is -2.63. The molecule has 0 spiro atoms. The zero-order valence-electron chi connectivity index (χ0n) is 23.7. The fourth-order valence-corrected chi connectivity index (χ4v) is 7.58. The number of piperidine rings is 1. The van der Waals surface area contributed by atoms with Crippen LogP contribution in [0.5, 0.6) is 0 Å². The molecule has 0 aliphatic carbocycles. The topological polar surface area (TPSA) is 152 Å². The van der Waals surface area contributed by atoms with Gasteiger partial charge in [0.2, 0.25) is 0 Å². The molecular weight excluding hydrogens is 587 g/mol. The Kier molecular flexibility index (Phi) is 8.91. The Labute approximate surface area is 248 Å². The molecule has 5 rings (SSSR count). The van der Waals surface area contributed by atoms with E-state index < -0.39 is 46.4 Å². The highest BCUT2D eigenvalue weighted by Gasteiger charge is 2.37. The summed E-state index contributed by atoms with van der Waals surface area (Å²) < 4.78 is 66.2. The average molecular weight is 624 g/mol. The average Bonchev–Trinajstić information content (AvgIpc) is 2.96. The molecule has 0 bridgehead atoms. The number of nitrogens with zero attached hydrogens (tertiary/aromatic N) is 3. The van der Waals surface area contributed by atoms with Gasteiger partial charge in [0, 0.05) is 42.1 Å². The van der Waals surface area contributed by atoms with Crippen LogP contribution in [0.3, 0.4) is 0 Å². The molecule has 2 saturated heterocycles. The lowest BCUT2D eigenvalue weighted by Crippen LogP contribution is -2.37. The number of nitrogens with one attached hydrogen (secondary N) is 2. The number of halogens is 3. The number of benzene rings is 1. The van der Waals surface area contributed by atoms with Crippen LogP contribution in [0.25, 0.3) is 11.0 Å². The molecule has 5 N–H and O–H groups in total. The van der Waals surface area contributed by atoms with Crippen LogP contribution < -0.4 is 10.9 Å². The number of hydrogen-bond acceptors (Lipinski definition) is 7. The molecule has 3 aromatic rings. The SMILES string of the molecule is CC(Nc1ncnc2[nH]c(=O)c(C3CCS(O)(O)CC3)cc12)c1cccc(C(F)(F)CCC2CCN(C(=O)O)CC2)c1F. The van der Waals surface area contributed by atoms with Gasteiger partial charge in [0.15, 0.2) is 0 Å². The zero-order valence-corrected chi connectivity index (χ0v) is 24.5. The molecule has 2 fully saturated rings. The quantitative estimate of drug-likeness (QED) is 0.190. The van der Waals surface area contributed by atoms with E-state index in [0.717, 1.165) is 6.07 Å². The van der Waals surface area contributed by atoms with Crippen LogP contribution in [0.15, 0.2) is 35.4 Å². The molecule has 0 radical (unpaired) electrons. The summed E-state index contributed by atoms with van der Waals surface area (Å²) in [6.07, 6.45) is 1.72. The first-order chi connectivity index (χ1) is 20.3. The van der Waals surface area contributed by atoms with Crippen molar-refractivity contribution in [3.8, 4) is 0 Å². The molecule has 43 heavy (non-hydrogen) atoms. The lowest BCUT2D eigenvalue weighted by Gasteiger charge is -2.39. The number of aromatic amines is 1. The van der Waals surface area contributed by atoms with Crippen molar-refractivity contribution in [1.29, 1.82) is 0 Å². The second kappa shape index (κ2) is 12.3. The highest BCUT2D eigenvalue weighted by Crippen LogP contribution is 2.48. The monoisotopic (exact) mass is 623 g/mol. The summed E-state index contributed by atoms with van der Waals surface area (Å²) in [5.41, 5.74) is -0.269. The number of alkyl halides is 2. The van der Waals surface area contributed by atoms with Crippen LogP contribution in [-0.4, -0.2) is 64.8 Å². The highest BCUT2D eigenvalue weighted by molar-refractivity contribution is 8.24. The predicted octanol–water partition coefficient (Wildman–Crippen LogP) is 6.52. The third-order valence-corrected chi connectivity index (χ3v) is 10.5. The number of hydrogen-bond donors (Lipinski definition) is 5. The van der Waals surface area contributed by atoms with Gasteiger partial charge in [0.25, 0.3) is 11.5 Å². The first kappa shape index (κ1) is 31.1. The van der Waals surface area contributed by atoms with Gasteiger partial charge in [-0.3, -0.25) is 13.9 Å². The van der Waals surface area contributed by atoms with Gasteiger partial charge in [-0.1, -0.05) is 18.2 Å². The molecule has 2 aliphatic heterocycles. The predicted molar refractivity (Wildman–Crippen MR) is 159 cm³/mol. The number of aromatic nitrogens is 3. The Bertz CT molecular complexity index is 1540. The summed E-state index contributed by atoms with van der Waals surface area (Å²) in [6, 6.07) is 4.81. The molecule has 10 nitrogen and oxygen atoms in total. The van der Waals surface area contributed by atoms with Crippen LogP contribution in [0.1, 0.15) is 74.1 Å². The molecule has 1 unspecified atom stereocenters. The molecule has 4 heterocycles. The third-order valence-electron chi connectivity index (χ3n) is 8.70. The number of rotatable bonds is 8. The first-order valence-electron chi connectivity index (χ1n) is 14.4. The summed E-state index contributed by atoms with van der Waals surface area (Å²) in [5.74, 6) is -3.94. The normalized spacial score (nSPS) is 19.7. The van der Waals surface area contributed by atoms with E-state index in [9.17, 15) is 18.7 Å². The van der Waals surface area contributed by atoms with Gasteiger partial charge in [-0.05, 0) is 56.9 Å². The summed E-state index contributed by atoms with van der Waals surface area (Å²) in [6.45, 7) is 2.24. The molecule has 14 heteroatoms. The first-order valence-corrected chi connectivity index (χ1v) is 16.3. The molecule has 2 aromatic heterocycles. The van der Waals surface area contributed by atoms with Crippen molar-refractivity contribution in [3.05, 3.63) is 63.5 Å². The Morgan fingerprint density at radius 1 is 1.19 bits per heavy atom. The standard InChI is InChI=1S/C29H36F3N5O5S/c1-17(20-3-2-4-23(24(20)30)29(31,32)10-5-18-6-11-37(12-7-18)28(39)40)35-25-22-15-21(19-8-13-43(41,42)14-9-19)27(38)36-26(22)34-16-33-25/h2-4,15-19,41-42H,5-14H2,1H3,(H,39,40)(H2,33,34,35,36,38). The fourth-order valence-electron chi connectivity index (χ4n) is 6.05. The zero-order chi connectivity index (χ0) is 30.9. The highest BCUT2D eigenvalue weighted by atomic mass is 32.3. The Morgan fingerprint density at radius 2 is 1.88 bits per heavy atom. The van der Waals surface area contributed by atoms with E-state index in [0.29, 0.717) is 55.5 Å². The number of pyridine rings is 1. The summed E-state index contributed by atoms with van der Waals surface area (Å²) >= 11 is 0. The van der Waals surface area contributed by atoms with Crippen molar-refractivity contribution in [1.82, 2.24) is 19.9 Å². The molecule has 2 aliphatic rings. The Morgan fingerprint density at radius 3 is 2.56 bits per heavy atom. The Balaban J connectivity index is 1.33. The van der Waals surface area contributed by atoms with Crippen LogP contribution >= 0.6 is 10.6 Å². The minimum atomic E-state index is -3.41. The molecular formula is C29H36F3N5O5S. The number of carboxylic acid groups (broad SMARTS) is 1. The number of carbonyl (C=O) groups is 1. The lowest BCUT2D eigenvalue weighted by molar-refractivity contribution is -0.0248. The molecule has 1 amide bonds. The van der Waals surface area contributed by atoms with Gasteiger partial charge in [0.1, 0.15) is 23.6 Å². The number of anilines is 1. The van der Waals surface area contributed by atoms with Gasteiger partial charge in [-0.2, -0.15) is 10.6 Å². The third kappa shape index (κ3) is 6.91. The van der Waals surface area contributed by atoms with Crippen LogP contribution in [0.2, 0.25) is 0 Å². The number of amides is 1. The van der Waals surface area contributed by atoms with E-state index in [1.54, 1.807) is 13.0 Å². The second-order valence-electron chi connectivity index (χ2n) is 11.6. The second-order valence-corrected chi connectivity index (χ2v) is 14.0. The lowest BCUT2D eigenvalue weighted by atomic mass is 9.89. The van der Waals surface area contributed by atoms with Gasteiger partial charge < -0.3 is 20.3 Å². The number of fused-ring (bicyclic) bond motifs is 1. The summed E-state index contributed by atoms with van der Waals surface area (Å²) in [5, 5.41) is 12.7. The van der Waals surface area contributed by atoms with Gasteiger partial charge in [0.05, 0.1) is 17.0 Å². The van der Waals surface area contributed by atoms with E-state index in [-0.39, 0.29) is 46.5 Å². The van der Waals surface area contributed by atoms with Crippen molar-refractivity contribution in [2.24, 2.45) is 5.92 Å². The maximum Gasteiger partial charge on any atom is 0.407 e. The molecule has 0 saturated carbocycles.